The number of halogens is 3. The molecule has 26 heavy (non-hydrogen) atoms. The monoisotopic (exact) mass is 364 g/mol. The summed E-state index contributed by atoms with van der Waals surface area (Å²) in [5.74, 6) is -2.47. The number of hydrogen-bond donors (Lipinski definition) is 1. The lowest BCUT2D eigenvalue weighted by atomic mass is 9.87. The van der Waals surface area contributed by atoms with Gasteiger partial charge < -0.3 is 10.2 Å². The number of benzene rings is 1. The van der Waals surface area contributed by atoms with Gasteiger partial charge in [0.2, 0.25) is 11.8 Å². The van der Waals surface area contributed by atoms with Gasteiger partial charge in [0.1, 0.15) is 5.92 Å². The maximum Gasteiger partial charge on any atom is 0.416 e. The number of carbonyl (C=O) groups excluding carboxylic acids is 2. The number of nitrogens with zero attached hydrogens (tertiary/aromatic N) is 3. The van der Waals surface area contributed by atoms with Crippen LogP contribution in [0.2, 0.25) is 0 Å². The van der Waals surface area contributed by atoms with Crippen LogP contribution in [0.25, 0.3) is 0 Å². The molecule has 2 atom stereocenters. The van der Waals surface area contributed by atoms with Crippen LogP contribution < -0.4 is 5.32 Å². The van der Waals surface area contributed by atoms with Gasteiger partial charge in [-0.1, -0.05) is 12.1 Å². The first-order chi connectivity index (χ1) is 12.3. The zero-order valence-corrected chi connectivity index (χ0v) is 13.7. The second-order valence-corrected chi connectivity index (χ2v) is 6.04. The molecule has 1 aromatic carbocycles. The Kier molecular flexibility index (Phi) is 4.62. The predicted octanol–water partition coefficient (Wildman–Crippen LogP) is 2.31. The Morgan fingerprint density at radius 3 is 2.46 bits per heavy atom. The first-order valence-corrected chi connectivity index (χ1v) is 7.77. The molecule has 2 amide bonds. The van der Waals surface area contributed by atoms with Gasteiger partial charge in [-0.15, -0.1) is 0 Å². The van der Waals surface area contributed by atoms with Gasteiger partial charge in [-0.2, -0.15) is 23.4 Å². The SMILES string of the molecule is CN1C[C@@H](c2ccc(C(F)(F)F)cc2)[C@H](C(=O)Nc2ccnnc2)C1=O. The van der Waals surface area contributed by atoms with E-state index in [4.69, 9.17) is 0 Å². The molecule has 1 fully saturated rings. The predicted molar refractivity (Wildman–Crippen MR) is 86.0 cm³/mol. The fraction of sp³-hybridized carbons (Fsp3) is 0.294. The standard InChI is InChI=1S/C17H15F3N4O2/c1-24-9-13(10-2-4-11(5-3-10)17(18,19)20)14(16(24)26)15(25)23-12-6-7-21-22-8-12/h2-8,13-14H,9H2,1H3,(H,21,23,25)/t13-,14+/m0/s1. The van der Waals surface area contributed by atoms with E-state index in [0.717, 1.165) is 12.1 Å². The molecule has 0 spiro atoms. The minimum Gasteiger partial charge on any atom is -0.344 e. The van der Waals surface area contributed by atoms with Crippen molar-refractivity contribution in [2.45, 2.75) is 12.1 Å². The zero-order valence-electron chi connectivity index (χ0n) is 13.7. The molecule has 9 heteroatoms. The third kappa shape index (κ3) is 3.51. The first-order valence-electron chi connectivity index (χ1n) is 7.77. The molecule has 1 aromatic heterocycles. The minimum absolute atomic E-state index is 0.247. The van der Waals surface area contributed by atoms with Crippen molar-refractivity contribution in [3.63, 3.8) is 0 Å². The number of likely N-dealkylation sites (N-methyl/N-ethyl adjacent to an activating group) is 1. The Hall–Kier alpha value is -2.97. The molecule has 6 nitrogen and oxygen atoms in total. The topological polar surface area (TPSA) is 75.2 Å². The molecule has 2 heterocycles. The number of likely N-dealkylation sites (tertiary alicyclic amines) is 1. The van der Waals surface area contributed by atoms with Gasteiger partial charge in [0.25, 0.3) is 0 Å². The molecule has 1 aliphatic rings. The Balaban J connectivity index is 1.85. The average Bonchev–Trinajstić information content (AvgIpc) is 2.90. The van der Waals surface area contributed by atoms with Crippen LogP contribution in [-0.2, 0) is 15.8 Å². The number of carbonyl (C=O) groups is 2. The summed E-state index contributed by atoms with van der Waals surface area (Å²) in [6, 6.07) is 6.07. The molecular weight excluding hydrogens is 349 g/mol. The quantitative estimate of drug-likeness (QED) is 0.848. The molecule has 3 rings (SSSR count). The largest absolute Gasteiger partial charge is 0.416 e. The summed E-state index contributed by atoms with van der Waals surface area (Å²) in [7, 11) is 1.56. The lowest BCUT2D eigenvalue weighted by molar-refractivity contribution is -0.138. The first kappa shape index (κ1) is 17.8. The van der Waals surface area contributed by atoms with Crippen molar-refractivity contribution in [3.8, 4) is 0 Å². The van der Waals surface area contributed by atoms with Gasteiger partial charge in [0, 0.05) is 19.5 Å². The average molecular weight is 364 g/mol. The van der Waals surface area contributed by atoms with Crippen LogP contribution in [0.3, 0.4) is 0 Å². The Morgan fingerprint density at radius 2 is 1.88 bits per heavy atom. The highest BCUT2D eigenvalue weighted by molar-refractivity contribution is 6.08. The summed E-state index contributed by atoms with van der Waals surface area (Å²) in [6.45, 7) is 0.247. The van der Waals surface area contributed by atoms with Crippen molar-refractivity contribution in [2.75, 3.05) is 18.9 Å². The second kappa shape index (κ2) is 6.74. The van der Waals surface area contributed by atoms with E-state index in [0.29, 0.717) is 11.3 Å². The molecule has 1 saturated heterocycles. The molecule has 2 aromatic rings. The number of hydrogen-bond acceptors (Lipinski definition) is 4. The van der Waals surface area contributed by atoms with E-state index < -0.39 is 29.5 Å². The molecule has 0 aliphatic carbocycles. The van der Waals surface area contributed by atoms with Crippen LogP contribution in [0.4, 0.5) is 18.9 Å². The van der Waals surface area contributed by atoms with E-state index in [2.05, 4.69) is 15.5 Å². The second-order valence-electron chi connectivity index (χ2n) is 6.04. The number of nitrogens with one attached hydrogen (secondary N) is 1. The molecule has 136 valence electrons. The maximum atomic E-state index is 12.7. The van der Waals surface area contributed by atoms with E-state index >= 15 is 0 Å². The summed E-state index contributed by atoms with van der Waals surface area (Å²) >= 11 is 0. The molecule has 0 radical (unpaired) electrons. The molecule has 0 unspecified atom stereocenters. The highest BCUT2D eigenvalue weighted by Gasteiger charge is 2.44. The van der Waals surface area contributed by atoms with Crippen LogP contribution in [-0.4, -0.2) is 40.5 Å². The van der Waals surface area contributed by atoms with E-state index in [1.807, 2.05) is 0 Å². The van der Waals surface area contributed by atoms with Crippen LogP contribution in [0.15, 0.2) is 42.7 Å². The summed E-state index contributed by atoms with van der Waals surface area (Å²) < 4.78 is 38.2. The van der Waals surface area contributed by atoms with Crippen molar-refractivity contribution >= 4 is 17.5 Å². The lowest BCUT2D eigenvalue weighted by Gasteiger charge is -2.17. The highest BCUT2D eigenvalue weighted by Crippen LogP contribution is 2.36. The van der Waals surface area contributed by atoms with E-state index in [9.17, 15) is 22.8 Å². The van der Waals surface area contributed by atoms with Gasteiger partial charge in [0.15, 0.2) is 0 Å². The normalized spacial score (nSPS) is 20.3. The van der Waals surface area contributed by atoms with Gasteiger partial charge >= 0.3 is 6.18 Å². The number of anilines is 1. The van der Waals surface area contributed by atoms with E-state index in [-0.39, 0.29) is 12.5 Å². The zero-order chi connectivity index (χ0) is 18.9. The Bertz CT molecular complexity index is 809. The molecule has 1 N–H and O–H groups in total. The van der Waals surface area contributed by atoms with E-state index in [1.54, 1.807) is 7.05 Å². The molecule has 0 saturated carbocycles. The highest BCUT2D eigenvalue weighted by atomic mass is 19.4. The number of alkyl halides is 3. The fourth-order valence-corrected chi connectivity index (χ4v) is 3.00. The minimum atomic E-state index is -4.44. The number of amides is 2. The number of rotatable bonds is 3. The third-order valence-corrected chi connectivity index (χ3v) is 4.32. The maximum absolute atomic E-state index is 12.7. The van der Waals surface area contributed by atoms with Crippen molar-refractivity contribution < 1.29 is 22.8 Å². The smallest absolute Gasteiger partial charge is 0.344 e. The Labute approximate surface area is 147 Å². The molecular formula is C17H15F3N4O2. The van der Waals surface area contributed by atoms with Crippen LogP contribution >= 0.6 is 0 Å². The van der Waals surface area contributed by atoms with Gasteiger partial charge in [-0.05, 0) is 23.8 Å². The van der Waals surface area contributed by atoms with Crippen LogP contribution in [0.5, 0.6) is 0 Å². The fourth-order valence-electron chi connectivity index (χ4n) is 3.00. The van der Waals surface area contributed by atoms with Crippen LogP contribution in [0.1, 0.15) is 17.0 Å². The molecule has 0 bridgehead atoms. The summed E-state index contributed by atoms with van der Waals surface area (Å²) in [5, 5.41) is 9.84. The van der Waals surface area contributed by atoms with Gasteiger partial charge in [-0.25, -0.2) is 0 Å². The van der Waals surface area contributed by atoms with Gasteiger partial charge in [-0.3, -0.25) is 9.59 Å². The van der Waals surface area contributed by atoms with Crippen molar-refractivity contribution in [1.29, 1.82) is 0 Å². The lowest BCUT2D eigenvalue weighted by Crippen LogP contribution is -2.32. The number of aromatic nitrogens is 2. The van der Waals surface area contributed by atoms with Gasteiger partial charge in [0.05, 0.1) is 23.6 Å². The van der Waals surface area contributed by atoms with Crippen molar-refractivity contribution in [1.82, 2.24) is 15.1 Å². The Morgan fingerprint density at radius 1 is 1.19 bits per heavy atom. The van der Waals surface area contributed by atoms with Crippen molar-refractivity contribution in [2.24, 2.45) is 5.92 Å². The summed E-state index contributed by atoms with van der Waals surface area (Å²) in [4.78, 5) is 26.4. The van der Waals surface area contributed by atoms with Crippen LogP contribution in [0, 0.1) is 5.92 Å². The molecule has 1 aliphatic heterocycles. The van der Waals surface area contributed by atoms with Crippen molar-refractivity contribution in [3.05, 3.63) is 53.9 Å². The summed E-state index contributed by atoms with van der Waals surface area (Å²) in [5.41, 5.74) is 0.116. The third-order valence-electron chi connectivity index (χ3n) is 4.32. The summed E-state index contributed by atoms with van der Waals surface area (Å²) in [6.07, 6.45) is -1.70. The van der Waals surface area contributed by atoms with E-state index in [1.165, 1.54) is 35.5 Å².